The number of benzene rings is 4. The molecule has 0 bridgehead atoms. The molecule has 0 fully saturated rings. The third kappa shape index (κ3) is 6.55. The molecule has 0 amide bonds. The molecule has 0 aliphatic rings. The van der Waals surface area contributed by atoms with E-state index in [1.54, 1.807) is 0 Å². The third-order valence-corrected chi connectivity index (χ3v) is 9.41. The van der Waals surface area contributed by atoms with E-state index in [0.717, 1.165) is 70.3 Å². The second kappa shape index (κ2) is 14.8. The first-order valence-corrected chi connectivity index (χ1v) is 17.6. The van der Waals surface area contributed by atoms with E-state index in [2.05, 4.69) is 137 Å². The number of ether oxygens (including phenoxy) is 1. The molecule has 0 radical (unpaired) electrons. The first-order valence-electron chi connectivity index (χ1n) is 17.6. The Morgan fingerprint density at radius 1 is 0.760 bits per heavy atom. The number of aromatic nitrogens is 4. The van der Waals surface area contributed by atoms with Gasteiger partial charge in [0.15, 0.2) is 0 Å². The van der Waals surface area contributed by atoms with E-state index in [0.29, 0.717) is 11.5 Å². The summed E-state index contributed by atoms with van der Waals surface area (Å²) in [5.74, 6) is 2.43. The van der Waals surface area contributed by atoms with Crippen molar-refractivity contribution < 1.29 is 25.2 Å². The smallest absolute Gasteiger partial charge is 0.509 e. The van der Waals surface area contributed by atoms with E-state index in [1.165, 1.54) is 33.5 Å². The van der Waals surface area contributed by atoms with Crippen LogP contribution in [0.25, 0.3) is 44.4 Å². The monoisotopic (exact) mass is 750 g/mol. The predicted octanol–water partition coefficient (Wildman–Crippen LogP) is 11.4. The predicted molar refractivity (Wildman–Crippen MR) is 202 cm³/mol. The van der Waals surface area contributed by atoms with E-state index in [9.17, 15) is 0 Å². The summed E-state index contributed by atoms with van der Waals surface area (Å²) in [7, 11) is 0. The van der Waals surface area contributed by atoms with Gasteiger partial charge in [0, 0.05) is 34.5 Å². The Balaban J connectivity index is 0.00000432. The van der Waals surface area contributed by atoms with Gasteiger partial charge in [-0.2, -0.15) is 11.2 Å². The molecule has 0 saturated carbocycles. The van der Waals surface area contributed by atoms with Gasteiger partial charge in [-0.15, -0.1) is 41.3 Å². The van der Waals surface area contributed by atoms with Crippen molar-refractivity contribution in [2.75, 3.05) is 0 Å². The maximum absolute atomic E-state index is 6.67. The van der Waals surface area contributed by atoms with E-state index >= 15 is 0 Å². The zero-order valence-corrected chi connectivity index (χ0v) is 31.6. The van der Waals surface area contributed by atoms with Crippen LogP contribution in [0.15, 0.2) is 85.1 Å². The molecule has 256 valence electrons. The zero-order valence-electron chi connectivity index (χ0n) is 30.0. The number of fused-ring (bicyclic) bond motifs is 3. The SMILES string of the molecule is CCCc1nn(-c2[c-]c(Oc3[c-]c4c(cc3)c3ccccc3n4-c3cc(C)ccn3)cc(C(C)C)c2)c(CCC)c1-c1c(C)cccc1C.[Pd+2]. The van der Waals surface area contributed by atoms with Gasteiger partial charge >= 0.3 is 20.4 Å². The number of nitrogens with zero attached hydrogens (tertiary/aromatic N) is 4. The number of para-hydroxylation sites is 1. The second-order valence-corrected chi connectivity index (χ2v) is 13.5. The summed E-state index contributed by atoms with van der Waals surface area (Å²) in [6.07, 6.45) is 5.73. The molecular formula is C44H44N4OPd. The van der Waals surface area contributed by atoms with Crippen molar-refractivity contribution in [3.8, 4) is 34.1 Å². The number of hydrogen-bond acceptors (Lipinski definition) is 3. The van der Waals surface area contributed by atoms with Gasteiger partial charge in [0.1, 0.15) is 5.82 Å². The van der Waals surface area contributed by atoms with Crippen LogP contribution in [0.5, 0.6) is 11.5 Å². The van der Waals surface area contributed by atoms with Crippen LogP contribution in [-0.4, -0.2) is 19.3 Å². The molecule has 5 nitrogen and oxygen atoms in total. The van der Waals surface area contributed by atoms with Crippen LogP contribution in [0.2, 0.25) is 0 Å². The normalized spacial score (nSPS) is 11.4. The molecule has 0 saturated heterocycles. The summed E-state index contributed by atoms with van der Waals surface area (Å²) >= 11 is 0. The van der Waals surface area contributed by atoms with Gasteiger partial charge in [0.25, 0.3) is 0 Å². The van der Waals surface area contributed by atoms with Gasteiger partial charge in [-0.25, -0.2) is 4.98 Å². The minimum Gasteiger partial charge on any atom is -0.509 e. The van der Waals surface area contributed by atoms with Crippen LogP contribution >= 0.6 is 0 Å². The van der Waals surface area contributed by atoms with Crippen molar-refractivity contribution in [1.29, 1.82) is 0 Å². The molecule has 50 heavy (non-hydrogen) atoms. The number of rotatable bonds is 10. The molecule has 4 aromatic carbocycles. The van der Waals surface area contributed by atoms with Crippen molar-refractivity contribution in [3.63, 3.8) is 0 Å². The summed E-state index contributed by atoms with van der Waals surface area (Å²) in [5, 5.41) is 7.59. The first kappa shape index (κ1) is 35.3. The minimum atomic E-state index is 0. The average molecular weight is 751 g/mol. The van der Waals surface area contributed by atoms with Crippen LogP contribution < -0.4 is 4.74 Å². The van der Waals surface area contributed by atoms with E-state index < -0.39 is 0 Å². The zero-order chi connectivity index (χ0) is 34.2. The maximum atomic E-state index is 6.67. The van der Waals surface area contributed by atoms with Crippen molar-refractivity contribution >= 4 is 21.8 Å². The molecule has 6 heteroatoms. The molecule has 0 atom stereocenters. The van der Waals surface area contributed by atoms with Gasteiger partial charge < -0.3 is 9.30 Å². The summed E-state index contributed by atoms with van der Waals surface area (Å²) in [4.78, 5) is 4.74. The Hall–Kier alpha value is -4.50. The molecule has 0 N–H and O–H groups in total. The van der Waals surface area contributed by atoms with Crippen molar-refractivity contribution in [2.45, 2.75) is 80.1 Å². The van der Waals surface area contributed by atoms with Crippen LogP contribution in [-0.2, 0) is 33.3 Å². The van der Waals surface area contributed by atoms with Gasteiger partial charge in [-0.1, -0.05) is 82.5 Å². The minimum absolute atomic E-state index is 0. The molecule has 0 spiro atoms. The number of pyridine rings is 1. The summed E-state index contributed by atoms with van der Waals surface area (Å²) in [6.45, 7) is 15.4. The van der Waals surface area contributed by atoms with Crippen molar-refractivity contribution in [1.82, 2.24) is 19.3 Å². The topological polar surface area (TPSA) is 44.9 Å². The fraction of sp³-hybridized carbons (Fsp3) is 0.273. The molecule has 3 aromatic heterocycles. The Bertz CT molecular complexity index is 2290. The molecular weight excluding hydrogens is 707 g/mol. The van der Waals surface area contributed by atoms with Crippen LogP contribution in [0, 0.1) is 32.9 Å². The standard InChI is InChI=1S/C44H44N4O.Pd/c1-8-13-38-44(43-30(6)15-12-16-31(43)7)40(14-9-2)48(46-38)33-24-32(28(3)4)25-35(26-33)49-34-19-20-37-36-17-10-11-18-39(36)47(41(37)27-34)42-23-29(5)21-22-45-42;/h10-12,15-25,28H,8-9,13-14H2,1-7H3;/q-2;+2. The Kier molecular flexibility index (Phi) is 10.4. The molecule has 7 rings (SSSR count). The van der Waals surface area contributed by atoms with E-state index in [4.69, 9.17) is 14.8 Å². The fourth-order valence-corrected chi connectivity index (χ4v) is 7.06. The van der Waals surface area contributed by atoms with Gasteiger partial charge in [0.2, 0.25) is 0 Å². The average Bonchev–Trinajstić information content (AvgIpc) is 3.60. The quantitative estimate of drug-likeness (QED) is 0.103. The maximum Gasteiger partial charge on any atom is 2.00 e. The fourth-order valence-electron chi connectivity index (χ4n) is 7.06. The van der Waals surface area contributed by atoms with E-state index in [1.807, 2.05) is 18.3 Å². The van der Waals surface area contributed by atoms with Crippen LogP contribution in [0.1, 0.15) is 80.1 Å². The van der Waals surface area contributed by atoms with E-state index in [-0.39, 0.29) is 26.3 Å². The molecule has 7 aromatic rings. The summed E-state index contributed by atoms with van der Waals surface area (Å²) in [5.41, 5.74) is 12.8. The molecule has 3 heterocycles. The van der Waals surface area contributed by atoms with Gasteiger partial charge in [-0.3, -0.25) is 4.68 Å². The number of hydrogen-bond donors (Lipinski definition) is 0. The van der Waals surface area contributed by atoms with Gasteiger partial charge in [0.05, 0.1) is 5.69 Å². The molecule has 0 unspecified atom stereocenters. The van der Waals surface area contributed by atoms with Crippen LogP contribution in [0.4, 0.5) is 0 Å². The summed E-state index contributed by atoms with van der Waals surface area (Å²) < 4.78 is 11.0. The largest absolute Gasteiger partial charge is 2.00 e. The molecule has 0 aliphatic carbocycles. The van der Waals surface area contributed by atoms with Crippen molar-refractivity contribution in [3.05, 3.63) is 131 Å². The first-order chi connectivity index (χ1) is 23.8. The third-order valence-electron chi connectivity index (χ3n) is 9.41. The Morgan fingerprint density at radius 3 is 2.24 bits per heavy atom. The molecule has 0 aliphatic heterocycles. The van der Waals surface area contributed by atoms with Crippen LogP contribution in [0.3, 0.4) is 0 Å². The van der Waals surface area contributed by atoms with Gasteiger partial charge in [-0.05, 0) is 91.1 Å². The Morgan fingerprint density at radius 2 is 1.52 bits per heavy atom. The number of aryl methyl sites for hydroxylation is 4. The van der Waals surface area contributed by atoms with Crippen molar-refractivity contribution in [2.24, 2.45) is 0 Å². The second-order valence-electron chi connectivity index (χ2n) is 13.5. The summed E-state index contributed by atoms with van der Waals surface area (Å²) in [6, 6.07) is 34.8. The Labute approximate surface area is 310 Å².